The molecular formula is C12H13Br2N3. The molecular weight excluding hydrogens is 346 g/mol. The standard InChI is InChI=1S/C12H12BrN3.BrH/c13-11-5-2-1-4-10(11)6-9-16-8-3-7-15-12(16)14;/h1-5,7-8,14H,6,9H2;1H. The van der Waals surface area contributed by atoms with Gasteiger partial charge in [-0.15, -0.1) is 0 Å². The van der Waals surface area contributed by atoms with Crippen LogP contribution in [0.15, 0.2) is 47.2 Å². The molecule has 0 fully saturated rings. The van der Waals surface area contributed by atoms with Gasteiger partial charge < -0.3 is 17.0 Å². The van der Waals surface area contributed by atoms with Crippen LogP contribution in [-0.2, 0) is 13.0 Å². The van der Waals surface area contributed by atoms with E-state index in [1.54, 1.807) is 6.20 Å². The van der Waals surface area contributed by atoms with Crippen molar-refractivity contribution in [2.45, 2.75) is 13.0 Å². The fraction of sp³-hybridized carbons (Fsp3) is 0.167. The van der Waals surface area contributed by atoms with Crippen molar-refractivity contribution >= 4 is 21.9 Å². The lowest BCUT2D eigenvalue weighted by molar-refractivity contribution is -0.684. The van der Waals surface area contributed by atoms with E-state index in [1.807, 2.05) is 35.0 Å². The average molecular weight is 359 g/mol. The first kappa shape index (κ1) is 14.1. The summed E-state index contributed by atoms with van der Waals surface area (Å²) in [6.45, 7) is 0.836. The van der Waals surface area contributed by atoms with E-state index in [2.05, 4.69) is 27.0 Å². The highest BCUT2D eigenvalue weighted by Gasteiger charge is 2.05. The van der Waals surface area contributed by atoms with E-state index in [-0.39, 0.29) is 17.0 Å². The minimum Gasteiger partial charge on any atom is -1.00 e. The van der Waals surface area contributed by atoms with Gasteiger partial charge in [0.2, 0.25) is 0 Å². The monoisotopic (exact) mass is 357 g/mol. The van der Waals surface area contributed by atoms with Crippen LogP contribution in [0.3, 0.4) is 0 Å². The fourth-order valence-corrected chi connectivity index (χ4v) is 2.03. The summed E-state index contributed by atoms with van der Waals surface area (Å²) in [6, 6.07) is 10.1. The van der Waals surface area contributed by atoms with Gasteiger partial charge in [-0.05, 0) is 11.6 Å². The van der Waals surface area contributed by atoms with E-state index in [9.17, 15) is 0 Å². The van der Waals surface area contributed by atoms with Crippen molar-refractivity contribution in [3.05, 3.63) is 52.8 Å². The minimum absolute atomic E-state index is 0. The summed E-state index contributed by atoms with van der Waals surface area (Å²) in [4.78, 5) is 4.04. The molecule has 0 aliphatic rings. The van der Waals surface area contributed by atoms with Gasteiger partial charge in [-0.2, -0.15) is 0 Å². The Kier molecular flexibility index (Phi) is 5.58. The molecule has 0 unspecified atom stereocenters. The molecule has 90 valence electrons. The summed E-state index contributed by atoms with van der Waals surface area (Å²) in [6.07, 6.45) is 4.57. The summed E-state index contributed by atoms with van der Waals surface area (Å²) in [7, 11) is 0. The van der Waals surface area contributed by atoms with Gasteiger partial charge in [-0.25, -0.2) is 4.57 Å². The summed E-state index contributed by atoms with van der Waals surface area (Å²) in [5, 5.41) is 0. The van der Waals surface area contributed by atoms with Crippen LogP contribution in [0.2, 0.25) is 0 Å². The summed E-state index contributed by atoms with van der Waals surface area (Å²) in [5.74, 6) is 0.551. The number of benzene rings is 1. The predicted octanol–water partition coefficient (Wildman–Crippen LogP) is -1.04. The zero-order chi connectivity index (χ0) is 11.4. The van der Waals surface area contributed by atoms with Crippen LogP contribution in [-0.4, -0.2) is 4.98 Å². The number of hydrogen-bond donors (Lipinski definition) is 1. The lowest BCUT2D eigenvalue weighted by atomic mass is 10.1. The maximum absolute atomic E-state index is 5.76. The van der Waals surface area contributed by atoms with Crippen molar-refractivity contribution in [2.24, 2.45) is 0 Å². The van der Waals surface area contributed by atoms with Crippen molar-refractivity contribution in [2.75, 3.05) is 5.73 Å². The zero-order valence-electron chi connectivity index (χ0n) is 9.18. The second-order valence-electron chi connectivity index (χ2n) is 3.51. The lowest BCUT2D eigenvalue weighted by Crippen LogP contribution is -3.00. The first-order valence-corrected chi connectivity index (χ1v) is 5.90. The number of halogens is 2. The highest BCUT2D eigenvalue weighted by molar-refractivity contribution is 9.10. The normalized spacial score (nSPS) is 9.71. The zero-order valence-corrected chi connectivity index (χ0v) is 12.4. The van der Waals surface area contributed by atoms with Crippen LogP contribution in [0.4, 0.5) is 5.95 Å². The third-order valence-corrected chi connectivity index (χ3v) is 3.21. The Morgan fingerprint density at radius 3 is 2.71 bits per heavy atom. The molecule has 0 saturated heterocycles. The van der Waals surface area contributed by atoms with Gasteiger partial charge in [0, 0.05) is 17.0 Å². The molecule has 0 amide bonds. The van der Waals surface area contributed by atoms with Gasteiger partial charge in [0.05, 0.1) is 12.7 Å². The molecule has 0 bridgehead atoms. The molecule has 1 aromatic heterocycles. The van der Waals surface area contributed by atoms with Gasteiger partial charge in [0.1, 0.15) is 6.20 Å². The molecule has 17 heavy (non-hydrogen) atoms. The number of nitrogens with zero attached hydrogens (tertiary/aromatic N) is 2. The van der Waals surface area contributed by atoms with Crippen LogP contribution in [0, 0.1) is 0 Å². The van der Waals surface area contributed by atoms with E-state index in [0.29, 0.717) is 5.95 Å². The molecule has 3 nitrogen and oxygen atoms in total. The Balaban J connectivity index is 0.00000144. The average Bonchev–Trinajstić information content (AvgIpc) is 2.30. The van der Waals surface area contributed by atoms with E-state index < -0.39 is 0 Å². The second-order valence-corrected chi connectivity index (χ2v) is 4.37. The van der Waals surface area contributed by atoms with Crippen LogP contribution >= 0.6 is 15.9 Å². The molecule has 0 saturated carbocycles. The molecule has 0 aliphatic carbocycles. The fourth-order valence-electron chi connectivity index (χ4n) is 1.54. The first-order valence-electron chi connectivity index (χ1n) is 5.11. The topological polar surface area (TPSA) is 42.8 Å². The molecule has 2 N–H and O–H groups in total. The van der Waals surface area contributed by atoms with Crippen LogP contribution in [0.1, 0.15) is 5.56 Å². The van der Waals surface area contributed by atoms with Crippen molar-refractivity contribution in [1.29, 1.82) is 0 Å². The Bertz CT molecular complexity index is 443. The molecule has 2 rings (SSSR count). The van der Waals surface area contributed by atoms with E-state index in [0.717, 1.165) is 17.4 Å². The van der Waals surface area contributed by atoms with Crippen LogP contribution < -0.4 is 27.3 Å². The molecule has 0 radical (unpaired) electrons. The highest BCUT2D eigenvalue weighted by Crippen LogP contribution is 2.16. The Morgan fingerprint density at radius 2 is 2.00 bits per heavy atom. The first-order chi connectivity index (χ1) is 7.77. The second kappa shape index (κ2) is 6.71. The lowest BCUT2D eigenvalue weighted by Gasteiger charge is -2.04. The molecule has 5 heteroatoms. The minimum atomic E-state index is 0. The number of aromatic nitrogens is 2. The highest BCUT2D eigenvalue weighted by atomic mass is 79.9. The van der Waals surface area contributed by atoms with Crippen molar-refractivity contribution in [3.63, 3.8) is 0 Å². The maximum Gasteiger partial charge on any atom is 0.389 e. The van der Waals surface area contributed by atoms with Crippen molar-refractivity contribution < 1.29 is 21.5 Å². The largest absolute Gasteiger partial charge is 1.00 e. The molecule has 1 aromatic carbocycles. The number of anilines is 1. The smallest absolute Gasteiger partial charge is 0.389 e. The van der Waals surface area contributed by atoms with E-state index >= 15 is 0 Å². The molecule has 0 aliphatic heterocycles. The van der Waals surface area contributed by atoms with E-state index in [1.165, 1.54) is 5.56 Å². The van der Waals surface area contributed by atoms with E-state index in [4.69, 9.17) is 5.73 Å². The SMILES string of the molecule is Nc1nccc[n+]1CCc1ccccc1Br.[Br-]. The van der Waals surface area contributed by atoms with Gasteiger partial charge in [-0.3, -0.25) is 5.73 Å². The Labute approximate surface area is 120 Å². The maximum atomic E-state index is 5.76. The van der Waals surface area contributed by atoms with Gasteiger partial charge in [0.15, 0.2) is 0 Å². The summed E-state index contributed by atoms with van der Waals surface area (Å²) in [5.41, 5.74) is 7.04. The Morgan fingerprint density at radius 1 is 1.24 bits per heavy atom. The van der Waals surface area contributed by atoms with Gasteiger partial charge in [-0.1, -0.05) is 39.1 Å². The number of aryl methyl sites for hydroxylation is 2. The molecule has 1 heterocycles. The quantitative estimate of drug-likeness (QED) is 0.712. The van der Waals surface area contributed by atoms with Crippen LogP contribution in [0.5, 0.6) is 0 Å². The molecule has 0 atom stereocenters. The van der Waals surface area contributed by atoms with Gasteiger partial charge in [0.25, 0.3) is 0 Å². The molecule has 2 aromatic rings. The third-order valence-electron chi connectivity index (χ3n) is 2.43. The molecule has 0 spiro atoms. The number of hydrogen-bond acceptors (Lipinski definition) is 2. The summed E-state index contributed by atoms with van der Waals surface area (Å²) < 4.78 is 3.08. The summed E-state index contributed by atoms with van der Waals surface area (Å²) >= 11 is 3.53. The third kappa shape index (κ3) is 3.78. The number of rotatable bonds is 3. The van der Waals surface area contributed by atoms with Crippen molar-refractivity contribution in [3.8, 4) is 0 Å². The Hall–Kier alpha value is -0.940. The number of nitrogen functional groups attached to an aromatic ring is 1. The number of nitrogens with two attached hydrogens (primary N) is 1. The van der Waals surface area contributed by atoms with Gasteiger partial charge >= 0.3 is 5.95 Å². The van der Waals surface area contributed by atoms with Crippen LogP contribution in [0.25, 0.3) is 0 Å². The van der Waals surface area contributed by atoms with Crippen molar-refractivity contribution in [1.82, 2.24) is 4.98 Å². The predicted molar refractivity (Wildman–Crippen MR) is 66.7 cm³/mol.